The van der Waals surface area contributed by atoms with E-state index in [4.69, 9.17) is 4.74 Å². The minimum absolute atomic E-state index is 0.0326. The molecule has 0 bridgehead atoms. The molecule has 3 saturated heterocycles. The highest BCUT2D eigenvalue weighted by molar-refractivity contribution is 6.02. The number of nitrogens with zero attached hydrogens (tertiary/aromatic N) is 1. The molecular formula is C85H109N11O19. The summed E-state index contributed by atoms with van der Waals surface area (Å²) >= 11 is 0. The molecular weight excluding hydrogens is 1480 g/mol. The molecule has 11 amide bonds. The number of esters is 1. The van der Waals surface area contributed by atoms with Crippen molar-refractivity contribution >= 4 is 70.9 Å². The van der Waals surface area contributed by atoms with E-state index in [2.05, 4.69) is 53.2 Å². The number of likely N-dealkylation sites (N-methyl/N-ethyl adjacent to an activating group) is 1. The molecule has 6 aromatic rings. The average Bonchev–Trinajstić information content (AvgIpc) is 0.825. The van der Waals surface area contributed by atoms with Gasteiger partial charge in [-0.05, 0) is 118 Å². The molecule has 3 heterocycles. The van der Waals surface area contributed by atoms with E-state index >= 15 is 0 Å². The van der Waals surface area contributed by atoms with E-state index in [-0.39, 0.29) is 65.0 Å². The van der Waals surface area contributed by atoms with Crippen LogP contribution in [0, 0.1) is 35.5 Å². The van der Waals surface area contributed by atoms with Crippen LogP contribution in [0.3, 0.4) is 0 Å². The summed E-state index contributed by atoms with van der Waals surface area (Å²) in [6.45, 7) is 19.8. The molecule has 115 heavy (non-hydrogen) atoms. The Morgan fingerprint density at radius 2 is 0.687 bits per heavy atom. The van der Waals surface area contributed by atoms with Gasteiger partial charge in [0.05, 0.1) is 89.0 Å². The van der Waals surface area contributed by atoms with Crippen LogP contribution in [0.4, 0.5) is 0 Å². The van der Waals surface area contributed by atoms with E-state index in [1.165, 1.54) is 69.1 Å². The lowest BCUT2D eigenvalue weighted by Crippen LogP contribution is -2.64. The first-order valence-electron chi connectivity index (χ1n) is 38.4. The van der Waals surface area contributed by atoms with E-state index in [9.17, 15) is 88.2 Å². The zero-order valence-electron chi connectivity index (χ0n) is 66.8. The third kappa shape index (κ3) is 24.4. The molecule has 0 spiro atoms. The van der Waals surface area contributed by atoms with Crippen molar-refractivity contribution in [1.29, 1.82) is 0 Å². The van der Waals surface area contributed by atoms with E-state index in [1.807, 2.05) is 91.0 Å². The number of benzene rings is 6. The SMILES string of the molecule is CC(C)C1C(=O)N[C@H](C)[C@H](NC(=O)c2ccccc2O)C(=O)N[C@@H](Cc2ccccc2)[C@@H](O)[C@@H](C)C(=O)N1C.CC(C)C1NC(=O)[C@H](C)[C@H](O)[C@H](Cc2ccccc2)NC(=O)[C@@H](NC(=O)c2ccccc2O)[C@@H](C)NC1=O.CC(C)C1OC(=O)[C@H](C)[C@H](O)[C@H](Cc2ccccc2)NC(=O)[C@@H](NC(=O)c2ccccc2O)[C@@H](C)NC1=O. The van der Waals surface area contributed by atoms with Crippen LogP contribution < -0.4 is 53.2 Å². The number of carbonyl (C=O) groups excluding carboxylic acids is 12. The topological polar surface area (TPSA) is 459 Å². The van der Waals surface area contributed by atoms with Gasteiger partial charge in [0.1, 0.15) is 47.5 Å². The van der Waals surface area contributed by atoms with Crippen LogP contribution in [0.1, 0.15) is 131 Å². The zero-order chi connectivity index (χ0) is 84.8. The van der Waals surface area contributed by atoms with Crippen molar-refractivity contribution < 1.29 is 92.9 Å². The Labute approximate surface area is 669 Å². The maximum atomic E-state index is 13.7. The molecule has 0 saturated carbocycles. The molecule has 3 unspecified atom stereocenters. The van der Waals surface area contributed by atoms with Crippen molar-refractivity contribution in [2.24, 2.45) is 35.5 Å². The summed E-state index contributed by atoms with van der Waals surface area (Å²) in [5.41, 5.74) is 2.35. The number of aliphatic hydroxyl groups is 3. The van der Waals surface area contributed by atoms with Gasteiger partial charge in [-0.15, -0.1) is 0 Å². The third-order valence-electron chi connectivity index (χ3n) is 20.6. The van der Waals surface area contributed by atoms with Crippen LogP contribution in [0.5, 0.6) is 17.2 Å². The normalized spacial score (nSPS) is 26.8. The van der Waals surface area contributed by atoms with Gasteiger partial charge in [-0.25, -0.2) is 0 Å². The average molecular weight is 1590 g/mol. The molecule has 0 aliphatic carbocycles. The number of ether oxygens (including phenoxy) is 1. The van der Waals surface area contributed by atoms with Gasteiger partial charge in [-0.2, -0.15) is 0 Å². The summed E-state index contributed by atoms with van der Waals surface area (Å²) in [4.78, 5) is 160. The van der Waals surface area contributed by atoms with Gasteiger partial charge in [0.15, 0.2) is 6.10 Å². The first kappa shape index (κ1) is 90.4. The second-order valence-corrected chi connectivity index (χ2v) is 30.5. The molecule has 18 atom stereocenters. The zero-order valence-corrected chi connectivity index (χ0v) is 66.8. The fourth-order valence-corrected chi connectivity index (χ4v) is 13.7. The van der Waals surface area contributed by atoms with Crippen molar-refractivity contribution in [2.45, 2.75) is 193 Å². The maximum Gasteiger partial charge on any atom is 0.312 e. The first-order valence-corrected chi connectivity index (χ1v) is 38.4. The number of aliphatic hydroxyl groups excluding tert-OH is 3. The number of hydrogen-bond acceptors (Lipinski definition) is 19. The van der Waals surface area contributed by atoms with Gasteiger partial charge >= 0.3 is 5.97 Å². The number of cyclic esters (lactones) is 1. The van der Waals surface area contributed by atoms with Crippen molar-refractivity contribution in [3.05, 3.63) is 197 Å². The highest BCUT2D eigenvalue weighted by Gasteiger charge is 2.44. The largest absolute Gasteiger partial charge is 0.507 e. The lowest BCUT2D eigenvalue weighted by atomic mass is 9.90. The van der Waals surface area contributed by atoms with Crippen molar-refractivity contribution in [2.75, 3.05) is 7.05 Å². The van der Waals surface area contributed by atoms with Crippen molar-refractivity contribution in [3.63, 3.8) is 0 Å². The van der Waals surface area contributed by atoms with Gasteiger partial charge < -0.3 is 93.4 Å². The monoisotopic (exact) mass is 1590 g/mol. The number of phenolic OH excluding ortho intramolecular Hbond substituents is 3. The van der Waals surface area contributed by atoms with Gasteiger partial charge in [0.2, 0.25) is 41.4 Å². The van der Waals surface area contributed by atoms with Crippen molar-refractivity contribution in [1.82, 2.24) is 58.1 Å². The number of carbonyl (C=O) groups is 12. The molecule has 618 valence electrons. The predicted molar refractivity (Wildman–Crippen MR) is 426 cm³/mol. The Hall–Kier alpha value is -11.8. The maximum absolute atomic E-state index is 13.7. The Kier molecular flexibility index (Phi) is 32.9. The Balaban J connectivity index is 0.000000239. The lowest BCUT2D eigenvalue weighted by molar-refractivity contribution is -0.166. The lowest BCUT2D eigenvalue weighted by Gasteiger charge is -2.38. The summed E-state index contributed by atoms with van der Waals surface area (Å²) < 4.78 is 5.51. The highest BCUT2D eigenvalue weighted by Crippen LogP contribution is 2.26. The van der Waals surface area contributed by atoms with Crippen LogP contribution in [0.15, 0.2) is 164 Å². The fraction of sp³-hybridized carbons (Fsp3) is 0.435. The number of rotatable bonds is 15. The Morgan fingerprint density at radius 3 is 1.02 bits per heavy atom. The van der Waals surface area contributed by atoms with Crippen LogP contribution in [-0.4, -0.2) is 204 Å². The summed E-state index contributed by atoms with van der Waals surface area (Å²) in [6.07, 6.45) is -4.47. The second-order valence-electron chi connectivity index (χ2n) is 30.5. The van der Waals surface area contributed by atoms with Gasteiger partial charge in [-0.3, -0.25) is 57.5 Å². The number of amides is 11. The highest BCUT2D eigenvalue weighted by atomic mass is 16.6. The quantitative estimate of drug-likeness (QED) is 0.0655. The van der Waals surface area contributed by atoms with E-state index in [0.717, 1.165) is 16.7 Å². The molecule has 3 fully saturated rings. The van der Waals surface area contributed by atoms with Gasteiger partial charge in [0.25, 0.3) is 23.6 Å². The third-order valence-corrected chi connectivity index (χ3v) is 20.6. The van der Waals surface area contributed by atoms with Gasteiger partial charge in [0, 0.05) is 7.05 Å². The van der Waals surface area contributed by atoms with Crippen LogP contribution in [-0.2, 0) is 67.2 Å². The molecule has 16 N–H and O–H groups in total. The molecule has 3 aliphatic heterocycles. The number of phenols is 3. The van der Waals surface area contributed by atoms with E-state index < -0.39 is 185 Å². The first-order chi connectivity index (χ1) is 54.4. The van der Waals surface area contributed by atoms with Crippen LogP contribution in [0.2, 0.25) is 0 Å². The second kappa shape index (κ2) is 41.8. The summed E-state index contributed by atoms with van der Waals surface area (Å²) in [6, 6.07) is 34.2. The standard InChI is InChI=1S/C29H38N4O6.C28H36N4O6.C28H35N3O7/c1-16(2)24-28(38)30-18(4)23(32-26(36)20-13-9-10-14-22(20)34)27(37)31-21(15-19-11-7-6-8-12-19)25(35)17(3)29(39)33(24)5;1-15(2)22-27(37)29-17(4)23(32-26(36)19-12-8-9-13-21(19)33)28(38)30-20(14-18-10-6-5-7-11-18)24(34)16(3)25(35)31-22;1-15(2)24-27(36)29-17(4)22(31-25(34)19-12-8-9-13-21(19)32)26(35)30-20(14-18-10-6-5-7-11-18)23(33)16(3)28(37)38-24/h6-14,16-18,21,23-25,34-35H,15H2,1-5H3,(H,30,38)(H,31,37)(H,32,36);5-13,15-17,20,22-24,33-34H,14H2,1-4H3,(H,29,37)(H,30,38)(H,31,35)(H,32,36);5-13,15-17,20,22-24,32-33H,14H2,1-4H3,(H,29,36)(H,30,35)(H,31,34)/t17-,18-,21+,23+,24?,25+;16-,17-,20+,22?,23+,24+;16-,17-,20+,22+,23+,24?/m111/s1. The molecule has 30 nitrogen and oxygen atoms in total. The number of aromatic hydroxyl groups is 3. The van der Waals surface area contributed by atoms with Crippen molar-refractivity contribution in [3.8, 4) is 17.2 Å². The van der Waals surface area contributed by atoms with Crippen LogP contribution >= 0.6 is 0 Å². The van der Waals surface area contributed by atoms with Gasteiger partial charge in [-0.1, -0.05) is 183 Å². The molecule has 6 aromatic carbocycles. The minimum atomic E-state index is -1.35. The minimum Gasteiger partial charge on any atom is -0.507 e. The number of hydrogen-bond donors (Lipinski definition) is 16. The van der Waals surface area contributed by atoms with Crippen LogP contribution in [0.25, 0.3) is 0 Å². The molecule has 0 radical (unpaired) electrons. The molecule has 3 aliphatic rings. The summed E-state index contributed by atoms with van der Waals surface area (Å²) in [5.74, 6) is -12.2. The fourth-order valence-electron chi connectivity index (χ4n) is 13.7. The molecule has 30 heteroatoms. The molecule has 9 rings (SSSR count). The Bertz CT molecular complexity index is 4180. The Morgan fingerprint density at radius 1 is 0.374 bits per heavy atom. The predicted octanol–water partition coefficient (Wildman–Crippen LogP) is 3.39. The van der Waals surface area contributed by atoms with E-state index in [1.54, 1.807) is 98.7 Å². The summed E-state index contributed by atoms with van der Waals surface area (Å²) in [5, 5.41) is 91.3. The number of nitrogens with one attached hydrogen (secondary N) is 10. The number of para-hydroxylation sites is 3. The van der Waals surface area contributed by atoms with E-state index in [0.29, 0.717) is 0 Å². The molecule has 0 aromatic heterocycles. The smallest absolute Gasteiger partial charge is 0.312 e. The summed E-state index contributed by atoms with van der Waals surface area (Å²) in [7, 11) is 1.52.